The molecule has 26 heavy (non-hydrogen) atoms. The first-order valence-corrected chi connectivity index (χ1v) is 8.95. The second-order valence-corrected chi connectivity index (χ2v) is 6.80. The summed E-state index contributed by atoms with van der Waals surface area (Å²) in [5.74, 6) is 0.699. The van der Waals surface area contributed by atoms with Crippen LogP contribution in [0.2, 0.25) is 0 Å². The van der Waals surface area contributed by atoms with E-state index in [4.69, 9.17) is 9.47 Å². The molecule has 1 aliphatic heterocycles. The van der Waals surface area contributed by atoms with Gasteiger partial charge in [-0.05, 0) is 27.7 Å². The van der Waals surface area contributed by atoms with Crippen molar-refractivity contribution in [2.45, 2.75) is 59.4 Å². The second kappa shape index (κ2) is 7.59. The average Bonchev–Trinajstić information content (AvgIpc) is 3.10. The number of aromatic nitrogens is 4. The van der Waals surface area contributed by atoms with Crippen LogP contribution in [0, 0.1) is 13.8 Å². The summed E-state index contributed by atoms with van der Waals surface area (Å²) < 4.78 is 12.8. The molecular weight excluding hydrogens is 334 g/mol. The van der Waals surface area contributed by atoms with Gasteiger partial charge in [-0.2, -0.15) is 5.10 Å². The smallest absolute Gasteiger partial charge is 0.270 e. The Morgan fingerprint density at radius 2 is 2.19 bits per heavy atom. The van der Waals surface area contributed by atoms with Crippen LogP contribution < -0.4 is 5.32 Å². The van der Waals surface area contributed by atoms with Gasteiger partial charge in [-0.3, -0.25) is 9.48 Å². The summed E-state index contributed by atoms with van der Waals surface area (Å²) in [5.41, 5.74) is 4.23. The average molecular weight is 361 g/mol. The highest BCUT2D eigenvalue weighted by Gasteiger charge is 2.32. The number of aromatic amines is 1. The van der Waals surface area contributed by atoms with Crippen LogP contribution in [0.15, 0.2) is 0 Å². The quantitative estimate of drug-likeness (QED) is 0.818. The number of ether oxygens (including phenoxy) is 2. The Balaban J connectivity index is 1.86. The van der Waals surface area contributed by atoms with Gasteiger partial charge >= 0.3 is 0 Å². The summed E-state index contributed by atoms with van der Waals surface area (Å²) in [6, 6.07) is 0. The lowest BCUT2D eigenvalue weighted by atomic mass is 9.99. The van der Waals surface area contributed by atoms with Gasteiger partial charge in [0.15, 0.2) is 0 Å². The number of rotatable bonds is 6. The topological polar surface area (TPSA) is 94.1 Å². The first-order valence-electron chi connectivity index (χ1n) is 8.95. The number of aryl methyl sites for hydroxylation is 2. The molecule has 2 aromatic heterocycles. The summed E-state index contributed by atoms with van der Waals surface area (Å²) in [6.45, 7) is 9.23. The van der Waals surface area contributed by atoms with Crippen molar-refractivity contribution in [1.82, 2.24) is 25.1 Å². The first-order chi connectivity index (χ1) is 12.4. The lowest BCUT2D eigenvalue weighted by molar-refractivity contribution is -0.00716. The minimum atomic E-state index is -0.142. The lowest BCUT2D eigenvalue weighted by Crippen LogP contribution is -2.29. The highest BCUT2D eigenvalue weighted by Crippen LogP contribution is 2.31. The molecule has 0 aromatic carbocycles. The summed E-state index contributed by atoms with van der Waals surface area (Å²) in [4.78, 5) is 20.5. The Hall–Kier alpha value is -2.19. The molecule has 3 heterocycles. The molecule has 0 fully saturated rings. The maximum atomic E-state index is 13.0. The first kappa shape index (κ1) is 18.6. The number of carbonyl (C=O) groups excluding carboxylic acids is 1. The van der Waals surface area contributed by atoms with Crippen molar-refractivity contribution in [3.63, 3.8) is 0 Å². The molecule has 2 atom stereocenters. The number of hydrogen-bond acceptors (Lipinski definition) is 5. The van der Waals surface area contributed by atoms with Crippen molar-refractivity contribution < 1.29 is 14.3 Å². The molecule has 0 aliphatic carbocycles. The van der Waals surface area contributed by atoms with Crippen molar-refractivity contribution in [1.29, 1.82) is 0 Å². The van der Waals surface area contributed by atoms with Crippen LogP contribution in [0.5, 0.6) is 0 Å². The van der Waals surface area contributed by atoms with E-state index in [-0.39, 0.29) is 18.1 Å². The largest absolute Gasteiger partial charge is 0.383 e. The highest BCUT2D eigenvalue weighted by molar-refractivity contribution is 5.94. The summed E-state index contributed by atoms with van der Waals surface area (Å²) in [6.07, 6.45) is 0.608. The van der Waals surface area contributed by atoms with Crippen molar-refractivity contribution in [3.05, 3.63) is 34.2 Å². The van der Waals surface area contributed by atoms with Crippen LogP contribution in [-0.4, -0.2) is 45.5 Å². The number of nitrogens with zero attached hydrogens (tertiary/aromatic N) is 3. The molecule has 0 bridgehead atoms. The van der Waals surface area contributed by atoms with E-state index in [9.17, 15) is 4.79 Å². The third-order valence-electron chi connectivity index (χ3n) is 4.64. The molecule has 2 N–H and O–H groups in total. The molecule has 0 unspecified atom stereocenters. The SMILES string of the molecule is COCCn1nc2c(c1C(=O)NCc1nc(C)[nH]c1C)C[C@H](C)O[C@@H]2C. The van der Waals surface area contributed by atoms with Gasteiger partial charge in [-0.1, -0.05) is 0 Å². The molecule has 142 valence electrons. The van der Waals surface area contributed by atoms with Crippen LogP contribution in [0.3, 0.4) is 0 Å². The van der Waals surface area contributed by atoms with Crippen molar-refractivity contribution in [2.75, 3.05) is 13.7 Å². The molecule has 2 aromatic rings. The van der Waals surface area contributed by atoms with Crippen LogP contribution in [0.4, 0.5) is 0 Å². The second-order valence-electron chi connectivity index (χ2n) is 6.80. The third-order valence-corrected chi connectivity index (χ3v) is 4.64. The zero-order valence-electron chi connectivity index (χ0n) is 16.0. The van der Waals surface area contributed by atoms with E-state index in [1.807, 2.05) is 27.7 Å². The molecule has 0 saturated carbocycles. The van der Waals surface area contributed by atoms with Gasteiger partial charge in [0.2, 0.25) is 0 Å². The molecule has 0 radical (unpaired) electrons. The normalized spacial score (nSPS) is 19.4. The van der Waals surface area contributed by atoms with Crippen molar-refractivity contribution >= 4 is 5.91 Å². The highest BCUT2D eigenvalue weighted by atomic mass is 16.5. The van der Waals surface area contributed by atoms with E-state index in [0.717, 1.165) is 28.5 Å². The molecule has 3 rings (SSSR count). The van der Waals surface area contributed by atoms with E-state index in [2.05, 4.69) is 20.4 Å². The monoisotopic (exact) mass is 361 g/mol. The van der Waals surface area contributed by atoms with Crippen LogP contribution in [-0.2, 0) is 29.0 Å². The maximum absolute atomic E-state index is 13.0. The standard InChI is InChI=1S/C18H27N5O3/c1-10-8-14-16(12(3)26-10)22-23(6-7-25-5)17(14)18(24)19-9-15-11(2)20-13(4)21-15/h10,12H,6-9H2,1-5H3,(H,19,24)(H,20,21)/t10-,12+/m0/s1. The molecule has 0 spiro atoms. The number of nitrogens with one attached hydrogen (secondary N) is 2. The minimum absolute atomic E-state index is 0.0559. The van der Waals surface area contributed by atoms with Gasteiger partial charge in [-0.25, -0.2) is 4.98 Å². The fraction of sp³-hybridized carbons (Fsp3) is 0.611. The van der Waals surface area contributed by atoms with E-state index >= 15 is 0 Å². The fourth-order valence-corrected chi connectivity index (χ4v) is 3.47. The molecule has 0 saturated heterocycles. The Morgan fingerprint density at radius 1 is 1.42 bits per heavy atom. The number of methoxy groups -OCH3 is 1. The van der Waals surface area contributed by atoms with Gasteiger partial charge in [0.05, 0.1) is 43.3 Å². The van der Waals surface area contributed by atoms with Gasteiger partial charge in [0.25, 0.3) is 5.91 Å². The fourth-order valence-electron chi connectivity index (χ4n) is 3.47. The Labute approximate surface area is 153 Å². The van der Waals surface area contributed by atoms with E-state index < -0.39 is 0 Å². The number of fused-ring (bicyclic) bond motifs is 1. The molecular formula is C18H27N5O3. The zero-order valence-corrected chi connectivity index (χ0v) is 16.0. The summed E-state index contributed by atoms with van der Waals surface area (Å²) in [5, 5.41) is 7.62. The Bertz CT molecular complexity index is 795. The third kappa shape index (κ3) is 3.66. The summed E-state index contributed by atoms with van der Waals surface area (Å²) in [7, 11) is 1.64. The number of H-pyrrole nitrogens is 1. The summed E-state index contributed by atoms with van der Waals surface area (Å²) >= 11 is 0. The van der Waals surface area contributed by atoms with Crippen LogP contribution >= 0.6 is 0 Å². The van der Waals surface area contributed by atoms with E-state index in [1.54, 1.807) is 11.8 Å². The molecule has 8 nitrogen and oxygen atoms in total. The number of imidazole rings is 1. The predicted octanol–water partition coefficient (Wildman–Crippen LogP) is 1.82. The number of amides is 1. The van der Waals surface area contributed by atoms with Crippen molar-refractivity contribution in [2.24, 2.45) is 0 Å². The maximum Gasteiger partial charge on any atom is 0.270 e. The number of carbonyl (C=O) groups is 1. The van der Waals surface area contributed by atoms with Gasteiger partial charge in [0.1, 0.15) is 11.5 Å². The van der Waals surface area contributed by atoms with Gasteiger partial charge in [-0.15, -0.1) is 0 Å². The van der Waals surface area contributed by atoms with Gasteiger partial charge < -0.3 is 19.8 Å². The molecule has 1 amide bonds. The Kier molecular flexibility index (Phi) is 5.43. The Morgan fingerprint density at radius 3 is 2.85 bits per heavy atom. The zero-order chi connectivity index (χ0) is 18.8. The minimum Gasteiger partial charge on any atom is -0.383 e. The van der Waals surface area contributed by atoms with Crippen LogP contribution in [0.1, 0.15) is 58.9 Å². The van der Waals surface area contributed by atoms with Crippen molar-refractivity contribution in [3.8, 4) is 0 Å². The van der Waals surface area contributed by atoms with Gasteiger partial charge in [0, 0.05) is 24.8 Å². The van der Waals surface area contributed by atoms with Crippen LogP contribution in [0.25, 0.3) is 0 Å². The lowest BCUT2D eigenvalue weighted by Gasteiger charge is -2.24. The predicted molar refractivity (Wildman–Crippen MR) is 96.0 cm³/mol. The molecule has 8 heteroatoms. The number of hydrogen-bond donors (Lipinski definition) is 2. The molecule has 1 aliphatic rings. The van der Waals surface area contributed by atoms with E-state index in [1.165, 1.54) is 0 Å². The van der Waals surface area contributed by atoms with E-state index in [0.29, 0.717) is 31.8 Å².